The average Bonchev–Trinajstić information content (AvgIpc) is 2.86. The van der Waals surface area contributed by atoms with Crippen LogP contribution in [0.2, 0.25) is 0 Å². The molecule has 2 rings (SSSR count). The lowest BCUT2D eigenvalue weighted by atomic mass is 9.89. The smallest absolute Gasteiger partial charge is 0.294 e. The van der Waals surface area contributed by atoms with Crippen LogP contribution in [0.5, 0.6) is 0 Å². The van der Waals surface area contributed by atoms with Crippen molar-refractivity contribution in [1.82, 2.24) is 10.4 Å². The van der Waals surface area contributed by atoms with Crippen LogP contribution in [-0.2, 0) is 11.3 Å². The van der Waals surface area contributed by atoms with Gasteiger partial charge in [-0.15, -0.1) is 11.3 Å². The Bertz CT molecular complexity index is 400. The van der Waals surface area contributed by atoms with Crippen LogP contribution in [0.15, 0.2) is 5.38 Å². The lowest BCUT2D eigenvalue weighted by Crippen LogP contribution is -2.29. The van der Waals surface area contributed by atoms with Crippen LogP contribution in [0.1, 0.15) is 48.1 Å². The fourth-order valence-corrected chi connectivity index (χ4v) is 2.84. The second kappa shape index (κ2) is 6.26. The van der Waals surface area contributed by atoms with Gasteiger partial charge in [-0.2, -0.15) is 0 Å². The number of nitrogen functional groups attached to an aromatic ring is 1. The van der Waals surface area contributed by atoms with Gasteiger partial charge in [-0.25, -0.2) is 10.8 Å². The second-order valence-electron chi connectivity index (χ2n) is 4.81. The molecule has 3 N–H and O–H groups in total. The molecule has 0 spiro atoms. The highest BCUT2D eigenvalue weighted by Crippen LogP contribution is 2.26. The number of rotatable bonds is 4. The number of hydrogen-bond acceptors (Lipinski definition) is 5. The molecule has 1 aliphatic rings. The van der Waals surface area contributed by atoms with Crippen molar-refractivity contribution in [2.75, 3.05) is 0 Å². The van der Waals surface area contributed by atoms with E-state index in [1.165, 1.54) is 24.2 Å². The Labute approximate surface area is 111 Å². The predicted molar refractivity (Wildman–Crippen MR) is 70.0 cm³/mol. The van der Waals surface area contributed by atoms with Gasteiger partial charge in [-0.05, 0) is 31.6 Å². The molecule has 1 fully saturated rings. The highest BCUT2D eigenvalue weighted by molar-refractivity contribution is 7.11. The lowest BCUT2D eigenvalue weighted by molar-refractivity contribution is 0.00745. The van der Waals surface area contributed by atoms with E-state index in [0.717, 1.165) is 24.5 Å². The Morgan fingerprint density at radius 2 is 2.28 bits per heavy atom. The van der Waals surface area contributed by atoms with Crippen LogP contribution < -0.4 is 11.3 Å². The Balaban J connectivity index is 1.79. The van der Waals surface area contributed by atoms with Crippen LogP contribution in [0.4, 0.5) is 0 Å². The summed E-state index contributed by atoms with van der Waals surface area (Å²) in [4.78, 5) is 15.4. The predicted octanol–water partition coefficient (Wildman–Crippen LogP) is 1.84. The van der Waals surface area contributed by atoms with Crippen molar-refractivity contribution in [3.63, 3.8) is 0 Å². The van der Waals surface area contributed by atoms with Gasteiger partial charge in [0.15, 0.2) is 5.01 Å². The SMILES string of the molecule is CC1CCC(OCc2csc(C(=O)NN)n2)CC1. The number of nitrogens with two attached hydrogens (primary N) is 1. The van der Waals surface area contributed by atoms with E-state index in [4.69, 9.17) is 10.6 Å². The van der Waals surface area contributed by atoms with Gasteiger partial charge in [0.1, 0.15) is 0 Å². The standard InChI is InChI=1S/C12H19N3O2S/c1-8-2-4-10(5-3-8)17-6-9-7-18-12(14-9)11(16)15-13/h7-8,10H,2-6,13H2,1H3,(H,15,16). The summed E-state index contributed by atoms with van der Waals surface area (Å²) in [5, 5.41) is 2.23. The fraction of sp³-hybridized carbons (Fsp3) is 0.667. The van der Waals surface area contributed by atoms with E-state index in [1.54, 1.807) is 0 Å². The largest absolute Gasteiger partial charge is 0.372 e. The third-order valence-corrected chi connectivity index (χ3v) is 4.20. The maximum absolute atomic E-state index is 11.2. The molecule has 6 heteroatoms. The average molecular weight is 269 g/mol. The normalized spacial score (nSPS) is 23.9. The number of ether oxygens (including phenoxy) is 1. The summed E-state index contributed by atoms with van der Waals surface area (Å²) in [6.07, 6.45) is 5.07. The van der Waals surface area contributed by atoms with Crippen molar-refractivity contribution in [1.29, 1.82) is 0 Å². The number of hydrazine groups is 1. The molecule has 0 atom stereocenters. The fourth-order valence-electron chi connectivity index (χ4n) is 2.14. The molecule has 0 aromatic carbocycles. The zero-order chi connectivity index (χ0) is 13.0. The topological polar surface area (TPSA) is 77.2 Å². The van der Waals surface area contributed by atoms with Crippen molar-refractivity contribution in [3.8, 4) is 0 Å². The number of nitrogens with zero attached hydrogens (tertiary/aromatic N) is 1. The lowest BCUT2D eigenvalue weighted by Gasteiger charge is -2.25. The summed E-state index contributed by atoms with van der Waals surface area (Å²) in [6.45, 7) is 2.77. The molecule has 1 aliphatic carbocycles. The summed E-state index contributed by atoms with van der Waals surface area (Å²) in [7, 11) is 0. The minimum atomic E-state index is -0.349. The van der Waals surface area contributed by atoms with Gasteiger partial charge in [0.05, 0.1) is 18.4 Å². The van der Waals surface area contributed by atoms with Gasteiger partial charge >= 0.3 is 0 Å². The number of carbonyl (C=O) groups is 1. The first-order valence-corrected chi connectivity index (χ1v) is 7.14. The molecule has 1 amide bonds. The van der Waals surface area contributed by atoms with Crippen molar-refractivity contribution in [2.24, 2.45) is 11.8 Å². The Hall–Kier alpha value is -0.980. The van der Waals surface area contributed by atoms with Gasteiger partial charge < -0.3 is 4.74 Å². The molecule has 0 saturated heterocycles. The molecular formula is C12H19N3O2S. The number of carbonyl (C=O) groups excluding carboxylic acids is 1. The van der Waals surface area contributed by atoms with E-state index in [1.807, 2.05) is 5.38 Å². The van der Waals surface area contributed by atoms with Crippen molar-refractivity contribution in [2.45, 2.75) is 45.3 Å². The van der Waals surface area contributed by atoms with Crippen LogP contribution in [0, 0.1) is 5.92 Å². The first-order valence-electron chi connectivity index (χ1n) is 6.26. The van der Waals surface area contributed by atoms with E-state index in [-0.39, 0.29) is 5.91 Å². The molecule has 1 aromatic heterocycles. The second-order valence-corrected chi connectivity index (χ2v) is 5.67. The Kier molecular flexibility index (Phi) is 4.68. The molecule has 0 aliphatic heterocycles. The molecular weight excluding hydrogens is 250 g/mol. The molecule has 100 valence electrons. The zero-order valence-electron chi connectivity index (χ0n) is 10.5. The molecule has 0 radical (unpaired) electrons. The van der Waals surface area contributed by atoms with Gasteiger partial charge in [-0.1, -0.05) is 6.92 Å². The van der Waals surface area contributed by atoms with E-state index in [9.17, 15) is 4.79 Å². The van der Waals surface area contributed by atoms with E-state index < -0.39 is 0 Å². The summed E-state index contributed by atoms with van der Waals surface area (Å²) in [5.74, 6) is 5.53. The number of nitrogens with one attached hydrogen (secondary N) is 1. The minimum absolute atomic E-state index is 0.342. The van der Waals surface area contributed by atoms with E-state index in [0.29, 0.717) is 17.7 Å². The molecule has 1 saturated carbocycles. The van der Waals surface area contributed by atoms with E-state index >= 15 is 0 Å². The first-order chi connectivity index (χ1) is 8.69. The summed E-state index contributed by atoms with van der Waals surface area (Å²) < 4.78 is 5.83. The van der Waals surface area contributed by atoms with Crippen LogP contribution in [0.25, 0.3) is 0 Å². The minimum Gasteiger partial charge on any atom is -0.372 e. The van der Waals surface area contributed by atoms with Crippen molar-refractivity contribution < 1.29 is 9.53 Å². The van der Waals surface area contributed by atoms with Gasteiger partial charge in [-0.3, -0.25) is 10.2 Å². The molecule has 1 heterocycles. The Morgan fingerprint density at radius 3 is 2.94 bits per heavy atom. The summed E-state index contributed by atoms with van der Waals surface area (Å²) in [6, 6.07) is 0. The number of aromatic nitrogens is 1. The molecule has 0 unspecified atom stereocenters. The van der Waals surface area contributed by atoms with Crippen molar-refractivity contribution >= 4 is 17.2 Å². The molecule has 5 nitrogen and oxygen atoms in total. The van der Waals surface area contributed by atoms with Crippen LogP contribution in [-0.4, -0.2) is 17.0 Å². The van der Waals surface area contributed by atoms with Crippen LogP contribution >= 0.6 is 11.3 Å². The van der Waals surface area contributed by atoms with Gasteiger partial charge in [0.2, 0.25) is 0 Å². The molecule has 1 aromatic rings. The maximum Gasteiger partial charge on any atom is 0.294 e. The Morgan fingerprint density at radius 1 is 1.56 bits per heavy atom. The van der Waals surface area contributed by atoms with Gasteiger partial charge in [0.25, 0.3) is 5.91 Å². The highest BCUT2D eigenvalue weighted by Gasteiger charge is 2.19. The monoisotopic (exact) mass is 269 g/mol. The van der Waals surface area contributed by atoms with E-state index in [2.05, 4.69) is 17.3 Å². The third-order valence-electron chi connectivity index (χ3n) is 3.31. The van der Waals surface area contributed by atoms with Crippen LogP contribution in [0.3, 0.4) is 0 Å². The number of hydrogen-bond donors (Lipinski definition) is 2. The first kappa shape index (κ1) is 13.5. The quantitative estimate of drug-likeness (QED) is 0.497. The maximum atomic E-state index is 11.2. The highest BCUT2D eigenvalue weighted by atomic mass is 32.1. The molecule has 0 bridgehead atoms. The number of thiazole rings is 1. The number of amides is 1. The molecule has 18 heavy (non-hydrogen) atoms. The van der Waals surface area contributed by atoms with Gasteiger partial charge in [0, 0.05) is 5.38 Å². The van der Waals surface area contributed by atoms with Crippen molar-refractivity contribution in [3.05, 3.63) is 16.1 Å². The third kappa shape index (κ3) is 3.51. The summed E-state index contributed by atoms with van der Waals surface area (Å²) in [5.41, 5.74) is 2.88. The zero-order valence-corrected chi connectivity index (χ0v) is 11.3. The summed E-state index contributed by atoms with van der Waals surface area (Å²) >= 11 is 1.29.